The topological polar surface area (TPSA) is 49.4 Å². The van der Waals surface area contributed by atoms with Gasteiger partial charge in [0.25, 0.3) is 0 Å². The highest BCUT2D eigenvalue weighted by Gasteiger charge is 2.40. The predicted octanol–water partition coefficient (Wildman–Crippen LogP) is 3.49. The van der Waals surface area contributed by atoms with Gasteiger partial charge >= 0.3 is 0 Å². The van der Waals surface area contributed by atoms with Crippen LogP contribution in [0.3, 0.4) is 0 Å². The maximum Gasteiger partial charge on any atom is 0.242 e. The van der Waals surface area contributed by atoms with Crippen molar-refractivity contribution in [3.63, 3.8) is 0 Å². The molecule has 0 saturated heterocycles. The molecule has 0 aromatic heterocycles. The maximum absolute atomic E-state index is 13.1. The molecule has 0 bridgehead atoms. The number of nitrogens with zero attached hydrogens (tertiary/aromatic N) is 1. The molecule has 1 aliphatic heterocycles. The van der Waals surface area contributed by atoms with Gasteiger partial charge in [-0.3, -0.25) is 9.59 Å². The number of nitrogens with one attached hydrogen (secondary N) is 1. The van der Waals surface area contributed by atoms with E-state index in [9.17, 15) is 14.0 Å². The Bertz CT molecular complexity index is 830. The molecule has 27 heavy (non-hydrogen) atoms. The lowest BCUT2D eigenvalue weighted by molar-refractivity contribution is -0.139. The molecule has 142 valence electrons. The van der Waals surface area contributed by atoms with Crippen LogP contribution >= 0.6 is 0 Å². The van der Waals surface area contributed by atoms with Crippen LogP contribution in [0.5, 0.6) is 0 Å². The summed E-state index contributed by atoms with van der Waals surface area (Å²) in [6, 6.07) is 14.1. The number of hydrogen-bond donors (Lipinski definition) is 1. The second-order valence-electron chi connectivity index (χ2n) is 7.45. The standard InChI is InChI=1S/C22H25FN2O2/c1-22(2,20(26)24-14-13-16-9-11-18(23)12-10-16)21(27)25-15-5-7-17-6-3-4-8-19(17)25/h3-4,6,8-12H,5,7,13-15H2,1-2H3,(H,24,26). The van der Waals surface area contributed by atoms with Crippen LogP contribution in [-0.2, 0) is 22.4 Å². The average Bonchev–Trinajstić information content (AvgIpc) is 2.68. The van der Waals surface area contributed by atoms with E-state index in [1.165, 1.54) is 12.1 Å². The second kappa shape index (κ2) is 7.91. The second-order valence-corrected chi connectivity index (χ2v) is 7.45. The summed E-state index contributed by atoms with van der Waals surface area (Å²) in [6.07, 6.45) is 2.43. The zero-order valence-corrected chi connectivity index (χ0v) is 15.8. The number of aryl methyl sites for hydroxylation is 1. The van der Waals surface area contributed by atoms with Crippen LogP contribution in [0.25, 0.3) is 0 Å². The first-order chi connectivity index (χ1) is 12.9. The van der Waals surface area contributed by atoms with E-state index in [0.29, 0.717) is 19.5 Å². The molecule has 1 aliphatic rings. The molecule has 2 amide bonds. The van der Waals surface area contributed by atoms with Crippen molar-refractivity contribution in [3.05, 3.63) is 65.5 Å². The van der Waals surface area contributed by atoms with Crippen LogP contribution in [0.2, 0.25) is 0 Å². The molecule has 0 saturated carbocycles. The van der Waals surface area contributed by atoms with Crippen molar-refractivity contribution < 1.29 is 14.0 Å². The van der Waals surface area contributed by atoms with Gasteiger partial charge in [-0.05, 0) is 62.4 Å². The van der Waals surface area contributed by atoms with Crippen LogP contribution in [0.15, 0.2) is 48.5 Å². The normalized spacial score (nSPS) is 13.8. The van der Waals surface area contributed by atoms with Gasteiger partial charge in [0.15, 0.2) is 0 Å². The molecule has 0 aliphatic carbocycles. The van der Waals surface area contributed by atoms with Crippen molar-refractivity contribution in [2.45, 2.75) is 33.1 Å². The molecular weight excluding hydrogens is 343 g/mol. The van der Waals surface area contributed by atoms with Crippen molar-refractivity contribution in [3.8, 4) is 0 Å². The number of hydrogen-bond acceptors (Lipinski definition) is 2. The third-order valence-electron chi connectivity index (χ3n) is 5.07. The van der Waals surface area contributed by atoms with Gasteiger partial charge in [0.05, 0.1) is 0 Å². The fourth-order valence-electron chi connectivity index (χ4n) is 3.37. The van der Waals surface area contributed by atoms with Crippen molar-refractivity contribution >= 4 is 17.5 Å². The molecular formula is C22H25FN2O2. The van der Waals surface area contributed by atoms with Gasteiger partial charge in [-0.15, -0.1) is 0 Å². The monoisotopic (exact) mass is 368 g/mol. The number of para-hydroxylation sites is 1. The summed E-state index contributed by atoms with van der Waals surface area (Å²) >= 11 is 0. The van der Waals surface area contributed by atoms with Crippen LogP contribution < -0.4 is 10.2 Å². The summed E-state index contributed by atoms with van der Waals surface area (Å²) < 4.78 is 13.0. The minimum Gasteiger partial charge on any atom is -0.355 e. The predicted molar refractivity (Wildman–Crippen MR) is 104 cm³/mol. The SMILES string of the molecule is CC(C)(C(=O)NCCc1ccc(F)cc1)C(=O)N1CCCc2ccccc21. The molecule has 4 nitrogen and oxygen atoms in total. The Morgan fingerprint density at radius 1 is 1.11 bits per heavy atom. The minimum atomic E-state index is -1.16. The Hall–Kier alpha value is -2.69. The summed E-state index contributed by atoms with van der Waals surface area (Å²) in [7, 11) is 0. The van der Waals surface area contributed by atoms with Gasteiger partial charge in [0.1, 0.15) is 11.2 Å². The van der Waals surface area contributed by atoms with Crippen molar-refractivity contribution in [2.75, 3.05) is 18.0 Å². The summed E-state index contributed by atoms with van der Waals surface area (Å²) in [4.78, 5) is 27.5. The van der Waals surface area contributed by atoms with E-state index in [4.69, 9.17) is 0 Å². The Morgan fingerprint density at radius 2 is 1.81 bits per heavy atom. The molecule has 1 N–H and O–H groups in total. The Balaban J connectivity index is 1.63. The van der Waals surface area contributed by atoms with Crippen LogP contribution in [0.1, 0.15) is 31.4 Å². The zero-order valence-electron chi connectivity index (χ0n) is 15.8. The van der Waals surface area contributed by atoms with E-state index in [-0.39, 0.29) is 17.6 Å². The Kier molecular flexibility index (Phi) is 5.59. The smallest absolute Gasteiger partial charge is 0.242 e. The number of anilines is 1. The maximum atomic E-state index is 13.1. The quantitative estimate of drug-likeness (QED) is 0.822. The molecule has 2 aromatic rings. The van der Waals surface area contributed by atoms with E-state index in [2.05, 4.69) is 5.32 Å². The van der Waals surface area contributed by atoms with E-state index >= 15 is 0 Å². The molecule has 0 fully saturated rings. The molecule has 1 heterocycles. The minimum absolute atomic E-state index is 0.186. The lowest BCUT2D eigenvalue weighted by Gasteiger charge is -2.35. The number of benzene rings is 2. The summed E-state index contributed by atoms with van der Waals surface area (Å²) in [5, 5.41) is 2.85. The molecule has 3 rings (SSSR count). The van der Waals surface area contributed by atoms with Gasteiger partial charge in [-0.1, -0.05) is 30.3 Å². The first kappa shape index (κ1) is 19.1. The number of rotatable bonds is 5. The van der Waals surface area contributed by atoms with Gasteiger partial charge in [-0.25, -0.2) is 4.39 Å². The van der Waals surface area contributed by atoms with E-state index in [1.54, 1.807) is 30.9 Å². The molecule has 5 heteroatoms. The van der Waals surface area contributed by atoms with E-state index in [1.807, 2.05) is 24.3 Å². The van der Waals surface area contributed by atoms with Crippen molar-refractivity contribution in [1.82, 2.24) is 5.32 Å². The molecule has 0 unspecified atom stereocenters. The van der Waals surface area contributed by atoms with Crippen LogP contribution in [-0.4, -0.2) is 24.9 Å². The van der Waals surface area contributed by atoms with Crippen molar-refractivity contribution in [2.24, 2.45) is 5.41 Å². The van der Waals surface area contributed by atoms with Crippen molar-refractivity contribution in [1.29, 1.82) is 0 Å². The number of carbonyl (C=O) groups is 2. The third kappa shape index (κ3) is 4.18. The molecule has 0 spiro atoms. The number of halogens is 1. The van der Waals surface area contributed by atoms with Crippen LogP contribution in [0, 0.1) is 11.2 Å². The summed E-state index contributed by atoms with van der Waals surface area (Å²) in [6.45, 7) is 4.36. The highest BCUT2D eigenvalue weighted by Crippen LogP contribution is 2.31. The Labute approximate surface area is 159 Å². The fourth-order valence-corrected chi connectivity index (χ4v) is 3.37. The summed E-state index contributed by atoms with van der Waals surface area (Å²) in [5.41, 5.74) is 1.82. The molecule has 0 radical (unpaired) electrons. The highest BCUT2D eigenvalue weighted by atomic mass is 19.1. The largest absolute Gasteiger partial charge is 0.355 e. The van der Waals surface area contributed by atoms with Gasteiger partial charge < -0.3 is 10.2 Å². The van der Waals surface area contributed by atoms with Gasteiger partial charge in [0.2, 0.25) is 11.8 Å². The zero-order chi connectivity index (χ0) is 19.4. The van der Waals surface area contributed by atoms with Gasteiger partial charge in [-0.2, -0.15) is 0 Å². The lowest BCUT2D eigenvalue weighted by Crippen LogP contribution is -2.51. The Morgan fingerprint density at radius 3 is 2.56 bits per heavy atom. The number of fused-ring (bicyclic) bond motifs is 1. The first-order valence-corrected chi connectivity index (χ1v) is 9.32. The average molecular weight is 368 g/mol. The molecule has 0 atom stereocenters. The third-order valence-corrected chi connectivity index (χ3v) is 5.07. The summed E-state index contributed by atoms with van der Waals surface area (Å²) in [5.74, 6) is -0.761. The molecule has 2 aromatic carbocycles. The van der Waals surface area contributed by atoms with E-state index < -0.39 is 5.41 Å². The fraction of sp³-hybridized carbons (Fsp3) is 0.364. The number of amides is 2. The number of carbonyl (C=O) groups excluding carboxylic acids is 2. The highest BCUT2D eigenvalue weighted by molar-refractivity contribution is 6.11. The van der Waals surface area contributed by atoms with E-state index in [0.717, 1.165) is 29.7 Å². The van der Waals surface area contributed by atoms with Crippen LogP contribution in [0.4, 0.5) is 10.1 Å². The first-order valence-electron chi connectivity index (χ1n) is 9.32. The van der Waals surface area contributed by atoms with Gasteiger partial charge in [0, 0.05) is 18.8 Å². The lowest BCUT2D eigenvalue weighted by atomic mass is 9.88.